The third-order valence-corrected chi connectivity index (χ3v) is 6.23. The smallest absolute Gasteiger partial charge is 0.328 e. The van der Waals surface area contributed by atoms with Crippen LogP contribution >= 0.6 is 11.8 Å². The number of esters is 1. The van der Waals surface area contributed by atoms with E-state index in [1.807, 2.05) is 36.4 Å². The van der Waals surface area contributed by atoms with E-state index in [0.717, 1.165) is 17.3 Å². The molecule has 3 aromatic rings. The van der Waals surface area contributed by atoms with Crippen molar-refractivity contribution in [1.82, 2.24) is 4.98 Å². The average molecular weight is 463 g/mol. The Bertz CT molecular complexity index is 1060. The SMILES string of the molecule is COC(=O)C(C)N(C(=O)C(CSC(=O)c1ccccc1)Cc1ccccc1)c1ccccn1. The zero-order valence-corrected chi connectivity index (χ0v) is 19.4. The van der Waals surface area contributed by atoms with Crippen LogP contribution in [0.2, 0.25) is 0 Å². The summed E-state index contributed by atoms with van der Waals surface area (Å²) in [5.74, 6) is -0.764. The van der Waals surface area contributed by atoms with E-state index in [2.05, 4.69) is 4.98 Å². The minimum atomic E-state index is -0.870. The van der Waals surface area contributed by atoms with E-state index in [1.165, 1.54) is 12.0 Å². The highest BCUT2D eigenvalue weighted by Crippen LogP contribution is 2.24. The molecule has 0 fully saturated rings. The first-order valence-corrected chi connectivity index (χ1v) is 11.6. The van der Waals surface area contributed by atoms with Gasteiger partial charge in [-0.3, -0.25) is 14.5 Å². The van der Waals surface area contributed by atoms with E-state index in [0.29, 0.717) is 17.8 Å². The topological polar surface area (TPSA) is 76.6 Å². The number of nitrogens with zero attached hydrogens (tertiary/aromatic N) is 2. The fourth-order valence-electron chi connectivity index (χ4n) is 3.42. The molecule has 0 N–H and O–H groups in total. The van der Waals surface area contributed by atoms with Crippen LogP contribution in [0, 0.1) is 5.92 Å². The molecule has 0 aliphatic carbocycles. The number of anilines is 1. The van der Waals surface area contributed by atoms with Gasteiger partial charge in [-0.05, 0) is 31.0 Å². The molecule has 2 unspecified atom stereocenters. The Balaban J connectivity index is 1.89. The minimum absolute atomic E-state index is 0.105. The van der Waals surface area contributed by atoms with Gasteiger partial charge in [0.2, 0.25) is 11.0 Å². The van der Waals surface area contributed by atoms with E-state index >= 15 is 0 Å². The van der Waals surface area contributed by atoms with E-state index in [9.17, 15) is 14.4 Å². The summed E-state index contributed by atoms with van der Waals surface area (Å²) >= 11 is 1.10. The lowest BCUT2D eigenvalue weighted by Gasteiger charge is -2.30. The molecule has 1 aromatic heterocycles. The van der Waals surface area contributed by atoms with Crippen molar-refractivity contribution in [3.05, 3.63) is 96.2 Å². The third-order valence-electron chi connectivity index (χ3n) is 5.16. The second kappa shape index (κ2) is 12.0. The molecule has 0 saturated carbocycles. The Morgan fingerprint density at radius 2 is 1.58 bits per heavy atom. The monoisotopic (exact) mass is 462 g/mol. The van der Waals surface area contributed by atoms with Gasteiger partial charge in [-0.15, -0.1) is 0 Å². The number of pyridine rings is 1. The maximum atomic E-state index is 13.8. The first-order valence-electron chi connectivity index (χ1n) is 10.6. The maximum absolute atomic E-state index is 13.8. The van der Waals surface area contributed by atoms with Crippen LogP contribution < -0.4 is 4.90 Å². The summed E-state index contributed by atoms with van der Waals surface area (Å²) in [6.07, 6.45) is 1.99. The van der Waals surface area contributed by atoms with Crippen molar-refractivity contribution in [2.45, 2.75) is 19.4 Å². The second-order valence-corrected chi connectivity index (χ2v) is 8.44. The lowest BCUT2D eigenvalue weighted by atomic mass is 9.99. The Morgan fingerprint density at radius 1 is 0.939 bits per heavy atom. The van der Waals surface area contributed by atoms with Gasteiger partial charge < -0.3 is 4.74 Å². The predicted molar refractivity (Wildman–Crippen MR) is 130 cm³/mol. The molecule has 0 aliphatic rings. The highest BCUT2D eigenvalue weighted by atomic mass is 32.2. The van der Waals surface area contributed by atoms with Crippen LogP contribution in [0.1, 0.15) is 22.8 Å². The molecular weight excluding hydrogens is 436 g/mol. The van der Waals surface area contributed by atoms with E-state index < -0.39 is 17.9 Å². The fourth-order valence-corrected chi connectivity index (χ4v) is 4.34. The summed E-state index contributed by atoms with van der Waals surface area (Å²) in [7, 11) is 1.29. The highest BCUT2D eigenvalue weighted by Gasteiger charge is 2.34. The van der Waals surface area contributed by atoms with E-state index in [4.69, 9.17) is 4.74 Å². The van der Waals surface area contributed by atoms with Crippen molar-refractivity contribution in [3.63, 3.8) is 0 Å². The highest BCUT2D eigenvalue weighted by molar-refractivity contribution is 8.14. The number of hydrogen-bond donors (Lipinski definition) is 0. The zero-order valence-electron chi connectivity index (χ0n) is 18.6. The van der Waals surface area contributed by atoms with Gasteiger partial charge >= 0.3 is 5.97 Å². The minimum Gasteiger partial charge on any atom is -0.467 e. The second-order valence-electron chi connectivity index (χ2n) is 7.45. The molecule has 0 spiro atoms. The number of carbonyl (C=O) groups is 3. The van der Waals surface area contributed by atoms with Gasteiger partial charge in [-0.2, -0.15) is 0 Å². The van der Waals surface area contributed by atoms with Crippen molar-refractivity contribution in [3.8, 4) is 0 Å². The molecule has 2 aromatic carbocycles. The van der Waals surface area contributed by atoms with Gasteiger partial charge in [0.15, 0.2) is 0 Å². The fraction of sp³-hybridized carbons (Fsp3) is 0.231. The summed E-state index contributed by atoms with van der Waals surface area (Å²) in [6.45, 7) is 1.61. The van der Waals surface area contributed by atoms with Crippen molar-refractivity contribution in [2.24, 2.45) is 5.92 Å². The van der Waals surface area contributed by atoms with Crippen LogP contribution in [0.3, 0.4) is 0 Å². The molecule has 170 valence electrons. The summed E-state index contributed by atoms with van der Waals surface area (Å²) in [6, 6.07) is 22.9. The lowest BCUT2D eigenvalue weighted by molar-refractivity contribution is -0.143. The Hall–Kier alpha value is -3.45. The van der Waals surface area contributed by atoms with Crippen molar-refractivity contribution in [1.29, 1.82) is 0 Å². The molecule has 3 rings (SSSR count). The number of carbonyl (C=O) groups excluding carboxylic acids is 3. The van der Waals surface area contributed by atoms with Gasteiger partial charge in [0.1, 0.15) is 11.9 Å². The van der Waals surface area contributed by atoms with Crippen LogP contribution in [0.4, 0.5) is 5.82 Å². The lowest BCUT2D eigenvalue weighted by Crippen LogP contribution is -2.48. The maximum Gasteiger partial charge on any atom is 0.328 e. The van der Waals surface area contributed by atoms with Crippen LogP contribution in [0.25, 0.3) is 0 Å². The van der Waals surface area contributed by atoms with Crippen LogP contribution in [0.15, 0.2) is 85.1 Å². The predicted octanol–water partition coefficient (Wildman–Crippen LogP) is 4.41. The van der Waals surface area contributed by atoms with Gasteiger partial charge in [0, 0.05) is 17.5 Å². The molecule has 0 saturated heterocycles. The molecule has 0 aliphatic heterocycles. The van der Waals surface area contributed by atoms with Crippen molar-refractivity contribution in [2.75, 3.05) is 17.8 Å². The number of aromatic nitrogens is 1. The number of methoxy groups -OCH3 is 1. The normalized spacial score (nSPS) is 12.4. The summed E-state index contributed by atoms with van der Waals surface area (Å²) < 4.78 is 4.90. The standard InChI is InChI=1S/C26H26N2O4S/c1-19(25(30)32-2)28(23-15-9-10-16-27-23)24(29)22(17-20-11-5-3-6-12-20)18-33-26(31)21-13-7-4-8-14-21/h3-16,19,22H,17-18H2,1-2H3. The number of hydrogen-bond acceptors (Lipinski definition) is 6. The quantitative estimate of drug-likeness (QED) is 0.439. The number of ether oxygens (including phenoxy) is 1. The number of thioether (sulfide) groups is 1. The van der Waals surface area contributed by atoms with Crippen molar-refractivity contribution >= 4 is 34.6 Å². The van der Waals surface area contributed by atoms with Gasteiger partial charge in [0.05, 0.1) is 13.0 Å². The molecule has 0 bridgehead atoms. The molecule has 7 heteroatoms. The molecule has 6 nitrogen and oxygen atoms in total. The number of benzene rings is 2. The molecule has 33 heavy (non-hydrogen) atoms. The summed E-state index contributed by atoms with van der Waals surface area (Å²) in [4.78, 5) is 44.5. The Kier molecular flexibility index (Phi) is 8.78. The van der Waals surface area contributed by atoms with Crippen molar-refractivity contribution < 1.29 is 19.1 Å². The van der Waals surface area contributed by atoms with E-state index in [1.54, 1.807) is 55.6 Å². The molecule has 1 amide bonds. The molecular formula is C26H26N2O4S. The third kappa shape index (κ3) is 6.52. The van der Waals surface area contributed by atoms with Crippen LogP contribution in [0.5, 0.6) is 0 Å². The average Bonchev–Trinajstić information content (AvgIpc) is 2.87. The van der Waals surface area contributed by atoms with Crippen LogP contribution in [-0.2, 0) is 20.7 Å². The molecule has 2 atom stereocenters. The van der Waals surface area contributed by atoms with Gasteiger partial charge in [0.25, 0.3) is 0 Å². The summed E-state index contributed by atoms with van der Waals surface area (Å²) in [5, 5.41) is -0.105. The Morgan fingerprint density at radius 3 is 2.18 bits per heavy atom. The molecule has 0 radical (unpaired) electrons. The number of rotatable bonds is 9. The van der Waals surface area contributed by atoms with Crippen LogP contribution in [-0.4, -0.2) is 40.9 Å². The van der Waals surface area contributed by atoms with E-state index in [-0.39, 0.29) is 16.8 Å². The first-order chi connectivity index (χ1) is 16.0. The molecule has 1 heterocycles. The number of amides is 1. The van der Waals surface area contributed by atoms with Gasteiger partial charge in [-0.1, -0.05) is 78.5 Å². The Labute approximate surface area is 198 Å². The largest absolute Gasteiger partial charge is 0.467 e. The zero-order chi connectivity index (χ0) is 23.6. The summed E-state index contributed by atoms with van der Waals surface area (Å²) in [5.41, 5.74) is 1.55. The first kappa shape index (κ1) is 24.2. The van der Waals surface area contributed by atoms with Gasteiger partial charge in [-0.25, -0.2) is 9.78 Å².